The molecule has 0 saturated carbocycles. The molecular formula is C13H6ClF6N5. The predicted octanol–water partition coefficient (Wildman–Crippen LogP) is 3.87. The lowest BCUT2D eigenvalue weighted by Crippen LogP contribution is -2.14. The maximum absolute atomic E-state index is 13.3. The number of aromatic nitrogens is 2. The maximum Gasteiger partial charge on any atom is 0.417 e. The van der Waals surface area contributed by atoms with E-state index in [0.29, 0.717) is 6.07 Å². The Morgan fingerprint density at radius 1 is 1.00 bits per heavy atom. The van der Waals surface area contributed by atoms with Gasteiger partial charge in [-0.05, 0) is 12.1 Å². The molecule has 4 N–H and O–H groups in total. The van der Waals surface area contributed by atoms with Crippen LogP contribution in [0.4, 0.5) is 38.1 Å². The number of rotatable bonds is 1. The van der Waals surface area contributed by atoms with Gasteiger partial charge in [0.25, 0.3) is 0 Å². The number of nitrogen functional groups attached to an aromatic ring is 2. The van der Waals surface area contributed by atoms with Crippen LogP contribution in [0.5, 0.6) is 0 Å². The van der Waals surface area contributed by atoms with Crippen LogP contribution in [-0.2, 0) is 12.4 Å². The highest BCUT2D eigenvalue weighted by atomic mass is 35.5. The molecule has 0 aliphatic heterocycles. The maximum atomic E-state index is 13.3. The van der Waals surface area contributed by atoms with E-state index in [4.69, 9.17) is 28.3 Å². The van der Waals surface area contributed by atoms with Crippen molar-refractivity contribution in [3.05, 3.63) is 33.8 Å². The van der Waals surface area contributed by atoms with E-state index < -0.39 is 57.1 Å². The summed E-state index contributed by atoms with van der Waals surface area (Å²) in [6, 6.07) is 1.65. The molecule has 1 aromatic heterocycles. The van der Waals surface area contributed by atoms with Crippen molar-refractivity contribution < 1.29 is 26.3 Å². The van der Waals surface area contributed by atoms with Gasteiger partial charge in [0.2, 0.25) is 5.95 Å². The molecule has 0 radical (unpaired) electrons. The van der Waals surface area contributed by atoms with Crippen LogP contribution in [0.3, 0.4) is 0 Å². The SMILES string of the molecule is N#Cc1c(N)nc(N)nc1-c1c(Cl)cc(C(F)(F)F)cc1C(F)(F)F. The molecule has 25 heavy (non-hydrogen) atoms. The van der Waals surface area contributed by atoms with Gasteiger partial charge >= 0.3 is 12.4 Å². The largest absolute Gasteiger partial charge is 0.417 e. The normalized spacial score (nSPS) is 12.1. The molecule has 1 aromatic carbocycles. The van der Waals surface area contributed by atoms with Crippen LogP contribution in [0.15, 0.2) is 12.1 Å². The number of nitrogens with two attached hydrogens (primary N) is 2. The van der Waals surface area contributed by atoms with E-state index >= 15 is 0 Å². The molecule has 5 nitrogen and oxygen atoms in total. The Kier molecular flexibility index (Phi) is 4.43. The molecule has 12 heteroatoms. The van der Waals surface area contributed by atoms with Crippen molar-refractivity contribution in [1.82, 2.24) is 9.97 Å². The molecule has 0 bridgehead atoms. The van der Waals surface area contributed by atoms with Crippen LogP contribution in [0.25, 0.3) is 11.3 Å². The molecule has 1 heterocycles. The fourth-order valence-corrected chi connectivity index (χ4v) is 2.33. The second kappa shape index (κ2) is 5.96. The third kappa shape index (κ3) is 3.53. The predicted molar refractivity (Wildman–Crippen MR) is 76.0 cm³/mol. The summed E-state index contributed by atoms with van der Waals surface area (Å²) in [6.45, 7) is 0. The van der Waals surface area contributed by atoms with E-state index in [-0.39, 0.29) is 6.07 Å². The summed E-state index contributed by atoms with van der Waals surface area (Å²) >= 11 is 5.66. The topological polar surface area (TPSA) is 102 Å². The highest BCUT2D eigenvalue weighted by molar-refractivity contribution is 6.33. The first-order chi connectivity index (χ1) is 11.4. The molecule has 0 atom stereocenters. The summed E-state index contributed by atoms with van der Waals surface area (Å²) in [5.74, 6) is -1.11. The first-order valence-corrected chi connectivity index (χ1v) is 6.55. The van der Waals surface area contributed by atoms with Gasteiger partial charge in [0.15, 0.2) is 0 Å². The van der Waals surface area contributed by atoms with Crippen molar-refractivity contribution in [3.8, 4) is 17.3 Å². The van der Waals surface area contributed by atoms with E-state index in [9.17, 15) is 26.3 Å². The Bertz CT molecular complexity index is 884. The fraction of sp³-hybridized carbons (Fsp3) is 0.154. The number of nitrogens with zero attached hydrogens (tertiary/aromatic N) is 3. The Hall–Kier alpha value is -2.74. The summed E-state index contributed by atoms with van der Waals surface area (Å²) < 4.78 is 78.3. The van der Waals surface area contributed by atoms with Gasteiger partial charge in [0, 0.05) is 5.56 Å². The second-order valence-electron chi connectivity index (χ2n) is 4.68. The van der Waals surface area contributed by atoms with Gasteiger partial charge in [-0.25, -0.2) is 4.98 Å². The minimum absolute atomic E-state index is 0.128. The molecule has 0 saturated heterocycles. The summed E-state index contributed by atoms with van der Waals surface area (Å²) in [5, 5.41) is 8.14. The lowest BCUT2D eigenvalue weighted by molar-refractivity contribution is -0.142. The minimum atomic E-state index is -5.22. The van der Waals surface area contributed by atoms with Crippen molar-refractivity contribution in [2.75, 3.05) is 11.5 Å². The third-order valence-corrected chi connectivity index (χ3v) is 3.32. The van der Waals surface area contributed by atoms with Crippen LogP contribution in [0, 0.1) is 11.3 Å². The smallest absolute Gasteiger partial charge is 0.382 e. The van der Waals surface area contributed by atoms with Crippen LogP contribution < -0.4 is 11.5 Å². The monoisotopic (exact) mass is 381 g/mol. The summed E-state index contributed by atoms with van der Waals surface area (Å²) in [4.78, 5) is 6.93. The zero-order chi connectivity index (χ0) is 19.2. The van der Waals surface area contributed by atoms with E-state index in [1.807, 2.05) is 0 Å². The van der Waals surface area contributed by atoms with E-state index in [1.165, 1.54) is 6.07 Å². The second-order valence-corrected chi connectivity index (χ2v) is 5.09. The molecule has 0 amide bonds. The average Bonchev–Trinajstić information content (AvgIpc) is 2.43. The molecule has 0 fully saturated rings. The highest BCUT2D eigenvalue weighted by Gasteiger charge is 2.40. The number of benzene rings is 1. The first kappa shape index (κ1) is 18.6. The number of hydrogen-bond donors (Lipinski definition) is 2. The van der Waals surface area contributed by atoms with Crippen molar-refractivity contribution >= 4 is 23.4 Å². The number of anilines is 2. The van der Waals surface area contributed by atoms with Gasteiger partial charge in [-0.2, -0.15) is 36.6 Å². The van der Waals surface area contributed by atoms with Crippen LogP contribution in [0.1, 0.15) is 16.7 Å². The van der Waals surface area contributed by atoms with Gasteiger partial charge in [-0.15, -0.1) is 0 Å². The molecular weight excluding hydrogens is 376 g/mol. The number of nitriles is 1. The van der Waals surface area contributed by atoms with E-state index in [1.54, 1.807) is 0 Å². The molecule has 0 aliphatic carbocycles. The van der Waals surface area contributed by atoms with Gasteiger partial charge in [0.05, 0.1) is 21.8 Å². The molecule has 0 aliphatic rings. The minimum Gasteiger partial charge on any atom is -0.382 e. The van der Waals surface area contributed by atoms with Gasteiger partial charge in [0.1, 0.15) is 17.5 Å². The van der Waals surface area contributed by atoms with Crippen molar-refractivity contribution in [2.24, 2.45) is 0 Å². The summed E-state index contributed by atoms with van der Waals surface area (Å²) in [7, 11) is 0. The van der Waals surface area contributed by atoms with Crippen LogP contribution in [-0.4, -0.2) is 9.97 Å². The van der Waals surface area contributed by atoms with E-state index in [2.05, 4.69) is 9.97 Å². The average molecular weight is 382 g/mol. The first-order valence-electron chi connectivity index (χ1n) is 6.17. The molecule has 132 valence electrons. The lowest BCUT2D eigenvalue weighted by atomic mass is 9.97. The number of halogens is 7. The van der Waals surface area contributed by atoms with Gasteiger partial charge < -0.3 is 11.5 Å². The lowest BCUT2D eigenvalue weighted by Gasteiger charge is -2.18. The third-order valence-electron chi connectivity index (χ3n) is 3.03. The Morgan fingerprint density at radius 2 is 1.60 bits per heavy atom. The molecule has 2 rings (SSSR count). The quantitative estimate of drug-likeness (QED) is 0.730. The Labute approximate surface area is 140 Å². The zero-order valence-electron chi connectivity index (χ0n) is 11.8. The van der Waals surface area contributed by atoms with Crippen molar-refractivity contribution in [1.29, 1.82) is 5.26 Å². The zero-order valence-corrected chi connectivity index (χ0v) is 12.6. The number of hydrogen-bond acceptors (Lipinski definition) is 5. The Morgan fingerprint density at radius 3 is 2.08 bits per heavy atom. The fourth-order valence-electron chi connectivity index (χ4n) is 2.02. The van der Waals surface area contributed by atoms with E-state index in [0.717, 1.165) is 0 Å². The standard InChI is InChI=1S/C13H6ClF6N5/c14-7-2-4(12(15,16)17)1-6(13(18,19)20)8(7)9-5(3-21)10(22)25-11(23)24-9/h1-2H,(H4,22,23,24,25). The van der Waals surface area contributed by atoms with Gasteiger partial charge in [-0.3, -0.25) is 0 Å². The van der Waals surface area contributed by atoms with Crippen molar-refractivity contribution in [2.45, 2.75) is 12.4 Å². The number of alkyl halides is 6. The highest BCUT2D eigenvalue weighted by Crippen LogP contribution is 2.45. The summed E-state index contributed by atoms with van der Waals surface area (Å²) in [5.41, 5.74) is 5.14. The summed E-state index contributed by atoms with van der Waals surface area (Å²) in [6.07, 6.45) is -10.3. The van der Waals surface area contributed by atoms with Crippen molar-refractivity contribution in [3.63, 3.8) is 0 Å². The van der Waals surface area contributed by atoms with Crippen LogP contribution >= 0.6 is 11.6 Å². The molecule has 0 unspecified atom stereocenters. The Balaban J connectivity index is 2.95. The molecule has 0 spiro atoms. The molecule has 2 aromatic rings. The van der Waals surface area contributed by atoms with Gasteiger partial charge in [-0.1, -0.05) is 11.6 Å². The van der Waals surface area contributed by atoms with Crippen LogP contribution in [0.2, 0.25) is 5.02 Å².